The molecule has 18 heavy (non-hydrogen) atoms. The second-order valence-electron chi connectivity index (χ2n) is 4.10. The zero-order valence-electron chi connectivity index (χ0n) is 10.4. The molecule has 0 unspecified atom stereocenters. The smallest absolute Gasteiger partial charge is 0.227 e. The van der Waals surface area contributed by atoms with Crippen LogP contribution in [-0.4, -0.2) is 21.2 Å². The lowest BCUT2D eigenvalue weighted by molar-refractivity contribution is -0.115. The van der Waals surface area contributed by atoms with Gasteiger partial charge in [0.15, 0.2) is 5.16 Å². The minimum absolute atomic E-state index is 0.238. The molecule has 0 saturated heterocycles. The van der Waals surface area contributed by atoms with Crippen LogP contribution in [0.1, 0.15) is 11.1 Å². The molecule has 0 fully saturated rings. The Hall–Kier alpha value is -1.75. The maximum atomic E-state index is 10.8. The normalized spacial score (nSPS) is 10.6. The Bertz CT molecular complexity index is 577. The van der Waals surface area contributed by atoms with Crippen molar-refractivity contribution in [2.75, 3.05) is 5.75 Å². The molecule has 2 N–H and O–H groups in total. The number of amides is 1. The van der Waals surface area contributed by atoms with Gasteiger partial charge in [0, 0.05) is 18.1 Å². The molecule has 4 nitrogen and oxygen atoms in total. The number of benzene rings is 1. The molecule has 0 aliphatic rings. The number of hydrogen-bond acceptors (Lipinski definition) is 3. The Morgan fingerprint density at radius 1 is 1.39 bits per heavy atom. The lowest BCUT2D eigenvalue weighted by atomic mass is 10.1. The quantitative estimate of drug-likeness (QED) is 0.857. The van der Waals surface area contributed by atoms with Gasteiger partial charge < -0.3 is 5.73 Å². The minimum atomic E-state index is -0.338. The Morgan fingerprint density at radius 3 is 2.83 bits per heavy atom. The highest BCUT2D eigenvalue weighted by molar-refractivity contribution is 7.99. The summed E-state index contributed by atoms with van der Waals surface area (Å²) in [6.45, 7) is 4.15. The Morgan fingerprint density at radius 2 is 2.17 bits per heavy atom. The summed E-state index contributed by atoms with van der Waals surface area (Å²) in [6.07, 6.45) is 3.60. The molecule has 94 valence electrons. The first-order valence-corrected chi connectivity index (χ1v) is 6.58. The van der Waals surface area contributed by atoms with Crippen molar-refractivity contribution >= 4 is 17.7 Å². The summed E-state index contributed by atoms with van der Waals surface area (Å²) < 4.78 is 1.96. The van der Waals surface area contributed by atoms with E-state index >= 15 is 0 Å². The van der Waals surface area contributed by atoms with Crippen molar-refractivity contribution < 1.29 is 4.79 Å². The number of aryl methyl sites for hydroxylation is 2. The fourth-order valence-electron chi connectivity index (χ4n) is 1.60. The van der Waals surface area contributed by atoms with Gasteiger partial charge in [0.2, 0.25) is 5.91 Å². The van der Waals surface area contributed by atoms with Gasteiger partial charge >= 0.3 is 0 Å². The van der Waals surface area contributed by atoms with Crippen LogP contribution in [0.4, 0.5) is 0 Å². The fourth-order valence-corrected chi connectivity index (χ4v) is 2.32. The molecule has 1 heterocycles. The molecule has 0 radical (unpaired) electrons. The predicted octanol–water partition coefficient (Wildman–Crippen LogP) is 2.07. The summed E-state index contributed by atoms with van der Waals surface area (Å²) >= 11 is 1.34. The van der Waals surface area contributed by atoms with E-state index in [1.165, 1.54) is 22.9 Å². The van der Waals surface area contributed by atoms with E-state index < -0.39 is 0 Å². The monoisotopic (exact) mass is 261 g/mol. The van der Waals surface area contributed by atoms with E-state index in [1.54, 1.807) is 6.20 Å². The number of aromatic nitrogens is 2. The van der Waals surface area contributed by atoms with Crippen LogP contribution >= 0.6 is 11.8 Å². The molecule has 2 aromatic rings. The van der Waals surface area contributed by atoms with E-state index in [4.69, 9.17) is 5.73 Å². The third-order valence-corrected chi connectivity index (χ3v) is 3.71. The molecule has 0 aliphatic heterocycles. The van der Waals surface area contributed by atoms with E-state index in [0.29, 0.717) is 0 Å². The lowest BCUT2D eigenvalue weighted by Crippen LogP contribution is -2.13. The molecule has 0 bridgehead atoms. The molecule has 0 atom stereocenters. The van der Waals surface area contributed by atoms with Crippen LogP contribution in [0, 0.1) is 13.8 Å². The summed E-state index contributed by atoms with van der Waals surface area (Å²) in [5, 5.41) is 0.775. The average Bonchev–Trinajstić information content (AvgIpc) is 2.78. The van der Waals surface area contributed by atoms with Gasteiger partial charge in [-0.3, -0.25) is 9.36 Å². The largest absolute Gasteiger partial charge is 0.369 e. The number of carbonyl (C=O) groups is 1. The van der Waals surface area contributed by atoms with Gasteiger partial charge in [0.25, 0.3) is 0 Å². The van der Waals surface area contributed by atoms with Gasteiger partial charge in [0.05, 0.1) is 5.75 Å². The average molecular weight is 261 g/mol. The van der Waals surface area contributed by atoms with Gasteiger partial charge in [-0.1, -0.05) is 17.8 Å². The Balaban J connectivity index is 2.30. The highest BCUT2D eigenvalue weighted by Gasteiger charge is 2.07. The summed E-state index contributed by atoms with van der Waals surface area (Å²) in [6, 6.07) is 6.22. The third-order valence-electron chi connectivity index (χ3n) is 2.72. The molecule has 0 aliphatic carbocycles. The molecule has 0 saturated carbocycles. The van der Waals surface area contributed by atoms with Crippen molar-refractivity contribution in [1.29, 1.82) is 0 Å². The first-order chi connectivity index (χ1) is 8.58. The number of primary amides is 1. The van der Waals surface area contributed by atoms with Gasteiger partial charge in [-0.05, 0) is 37.1 Å². The predicted molar refractivity (Wildman–Crippen MR) is 73.0 cm³/mol. The van der Waals surface area contributed by atoms with Crippen LogP contribution in [0.25, 0.3) is 5.69 Å². The number of hydrogen-bond donors (Lipinski definition) is 1. The van der Waals surface area contributed by atoms with Crippen molar-refractivity contribution in [3.05, 3.63) is 41.7 Å². The van der Waals surface area contributed by atoms with Crippen molar-refractivity contribution in [1.82, 2.24) is 9.55 Å². The number of thioether (sulfide) groups is 1. The van der Waals surface area contributed by atoms with Crippen molar-refractivity contribution in [3.63, 3.8) is 0 Å². The lowest BCUT2D eigenvalue weighted by Gasteiger charge is -2.09. The third kappa shape index (κ3) is 2.73. The van der Waals surface area contributed by atoms with Crippen molar-refractivity contribution in [2.24, 2.45) is 5.73 Å². The summed E-state index contributed by atoms with van der Waals surface area (Å²) in [4.78, 5) is 15.0. The van der Waals surface area contributed by atoms with E-state index in [2.05, 4.69) is 31.0 Å². The zero-order chi connectivity index (χ0) is 13.1. The number of imidazole rings is 1. The van der Waals surface area contributed by atoms with E-state index in [9.17, 15) is 4.79 Å². The number of rotatable bonds is 4. The van der Waals surface area contributed by atoms with Crippen LogP contribution in [0.5, 0.6) is 0 Å². The van der Waals surface area contributed by atoms with E-state index in [0.717, 1.165) is 10.8 Å². The second-order valence-corrected chi connectivity index (χ2v) is 5.05. The topological polar surface area (TPSA) is 60.9 Å². The Labute approximate surface area is 110 Å². The molecule has 2 rings (SSSR count). The van der Waals surface area contributed by atoms with E-state index in [1.807, 2.05) is 16.8 Å². The van der Waals surface area contributed by atoms with Crippen LogP contribution in [-0.2, 0) is 4.79 Å². The first kappa shape index (κ1) is 12.7. The van der Waals surface area contributed by atoms with Crippen LogP contribution in [0.2, 0.25) is 0 Å². The standard InChI is InChI=1S/C13H15N3OS/c1-9-3-4-11(7-10(9)2)16-6-5-15-13(16)18-8-12(14)17/h3-7H,8H2,1-2H3,(H2,14,17). The molecular formula is C13H15N3OS. The van der Waals surface area contributed by atoms with Crippen molar-refractivity contribution in [2.45, 2.75) is 19.0 Å². The summed E-state index contributed by atoms with van der Waals surface area (Å²) in [5.74, 6) is -0.100. The molecular weight excluding hydrogens is 246 g/mol. The first-order valence-electron chi connectivity index (χ1n) is 5.60. The van der Waals surface area contributed by atoms with Crippen LogP contribution < -0.4 is 5.73 Å². The summed E-state index contributed by atoms with van der Waals surface area (Å²) in [5.41, 5.74) is 8.67. The molecule has 1 aromatic heterocycles. The van der Waals surface area contributed by atoms with Crippen LogP contribution in [0.15, 0.2) is 35.7 Å². The summed E-state index contributed by atoms with van der Waals surface area (Å²) in [7, 11) is 0. The van der Waals surface area contributed by atoms with Gasteiger partial charge in [-0.25, -0.2) is 4.98 Å². The van der Waals surface area contributed by atoms with E-state index in [-0.39, 0.29) is 11.7 Å². The molecule has 5 heteroatoms. The highest BCUT2D eigenvalue weighted by atomic mass is 32.2. The maximum absolute atomic E-state index is 10.8. The fraction of sp³-hybridized carbons (Fsp3) is 0.231. The van der Waals surface area contributed by atoms with Gasteiger partial charge in [-0.2, -0.15) is 0 Å². The van der Waals surface area contributed by atoms with Gasteiger partial charge in [-0.15, -0.1) is 0 Å². The Kier molecular flexibility index (Phi) is 3.72. The van der Waals surface area contributed by atoms with Crippen LogP contribution in [0.3, 0.4) is 0 Å². The highest BCUT2D eigenvalue weighted by Crippen LogP contribution is 2.21. The zero-order valence-corrected chi connectivity index (χ0v) is 11.2. The number of nitrogens with zero attached hydrogens (tertiary/aromatic N) is 2. The van der Waals surface area contributed by atoms with Gasteiger partial charge in [0.1, 0.15) is 0 Å². The number of carbonyl (C=O) groups excluding carboxylic acids is 1. The maximum Gasteiger partial charge on any atom is 0.227 e. The molecule has 1 amide bonds. The van der Waals surface area contributed by atoms with Crippen molar-refractivity contribution in [3.8, 4) is 5.69 Å². The number of nitrogens with two attached hydrogens (primary N) is 1. The SMILES string of the molecule is Cc1ccc(-n2ccnc2SCC(N)=O)cc1C. The molecule has 0 spiro atoms. The minimum Gasteiger partial charge on any atom is -0.369 e. The second kappa shape index (κ2) is 5.27. The molecule has 1 aromatic carbocycles.